The highest BCUT2D eigenvalue weighted by molar-refractivity contribution is 6.58. The van der Waals surface area contributed by atoms with Crippen molar-refractivity contribution in [2.75, 3.05) is 0 Å². The Morgan fingerprint density at radius 3 is 2.09 bits per heavy atom. The minimum atomic E-state index is -1.71. The number of aromatic nitrogens is 1. The Morgan fingerprint density at radius 1 is 0.864 bits per heavy atom. The maximum Gasteiger partial charge on any atom is 0.488 e. The Kier molecular flexibility index (Phi) is 1.87. The fourth-order valence-electron chi connectivity index (χ4n) is 2.60. The van der Waals surface area contributed by atoms with E-state index in [1.807, 2.05) is 0 Å². The van der Waals surface area contributed by atoms with Crippen LogP contribution in [0.1, 0.15) is 8.22 Å². The predicted molar refractivity (Wildman–Crippen MR) is 90.6 cm³/mol. The Balaban J connectivity index is 2.31. The van der Waals surface area contributed by atoms with Gasteiger partial charge in [0, 0.05) is 16.5 Å². The fourth-order valence-corrected chi connectivity index (χ4v) is 2.60. The molecule has 0 spiro atoms. The number of fused-ring (bicyclic) bond motifs is 3. The molecule has 1 heterocycles. The van der Waals surface area contributed by atoms with Gasteiger partial charge in [-0.2, -0.15) is 0 Å². The van der Waals surface area contributed by atoms with E-state index in [0.29, 0.717) is 5.69 Å². The third-order valence-corrected chi connectivity index (χ3v) is 3.55. The maximum atomic E-state index is 9.51. The van der Waals surface area contributed by atoms with E-state index in [1.54, 1.807) is 12.1 Å². The van der Waals surface area contributed by atoms with Gasteiger partial charge in [-0.25, -0.2) is 0 Å². The minimum Gasteiger partial charge on any atom is -0.423 e. The van der Waals surface area contributed by atoms with Crippen LogP contribution in [0, 0.1) is 0 Å². The summed E-state index contributed by atoms with van der Waals surface area (Å²) in [6.07, 6.45) is 0. The van der Waals surface area contributed by atoms with Crippen LogP contribution >= 0.6 is 0 Å². The second-order valence-electron chi connectivity index (χ2n) is 4.87. The molecule has 0 radical (unpaired) electrons. The predicted octanol–water partition coefficient (Wildman–Crippen LogP) is 2.46. The van der Waals surface area contributed by atoms with Crippen LogP contribution in [0.15, 0.2) is 72.7 Å². The topological polar surface area (TPSA) is 45.4 Å². The van der Waals surface area contributed by atoms with Crippen molar-refractivity contribution in [1.29, 1.82) is 0 Å². The van der Waals surface area contributed by atoms with Crippen molar-refractivity contribution < 1.29 is 18.3 Å². The van der Waals surface area contributed by atoms with Crippen LogP contribution in [0.5, 0.6) is 0 Å². The van der Waals surface area contributed by atoms with Crippen LogP contribution in [0.3, 0.4) is 0 Å². The summed E-state index contributed by atoms with van der Waals surface area (Å²) in [5.74, 6) is 0. The normalized spacial score (nSPS) is 15.0. The van der Waals surface area contributed by atoms with Gasteiger partial charge in [-0.05, 0) is 29.7 Å². The SMILES string of the molecule is [2H]c1cc([2H])c2c(c1[2H])c1c([2H])c([2H])cc([2H])c1n2-c1cccc(B(O)O)c1. The summed E-state index contributed by atoms with van der Waals surface area (Å²) in [4.78, 5) is 0. The van der Waals surface area contributed by atoms with E-state index < -0.39 is 7.12 Å². The van der Waals surface area contributed by atoms with Gasteiger partial charge in [0.05, 0.1) is 19.3 Å². The average Bonchev–Trinajstić information content (AvgIpc) is 3.02. The van der Waals surface area contributed by atoms with Gasteiger partial charge in [0.25, 0.3) is 0 Å². The Morgan fingerprint density at radius 2 is 1.50 bits per heavy atom. The van der Waals surface area contributed by atoms with Crippen LogP contribution < -0.4 is 5.46 Å². The van der Waals surface area contributed by atoms with Crippen LogP contribution in [-0.2, 0) is 0 Å². The number of nitrogens with zero attached hydrogens (tertiary/aromatic N) is 1. The van der Waals surface area contributed by atoms with Gasteiger partial charge in [0.2, 0.25) is 0 Å². The molecule has 0 bridgehead atoms. The minimum absolute atomic E-state index is 0.0625. The Labute approximate surface area is 136 Å². The van der Waals surface area contributed by atoms with Crippen LogP contribution in [0.2, 0.25) is 0 Å². The molecule has 0 aliphatic heterocycles. The lowest BCUT2D eigenvalue weighted by molar-refractivity contribution is 0.426. The quantitative estimate of drug-likeness (QED) is 0.558. The number of para-hydroxylation sites is 2. The van der Waals surface area contributed by atoms with Crippen molar-refractivity contribution >= 4 is 34.4 Å². The lowest BCUT2D eigenvalue weighted by atomic mass is 9.80. The number of hydrogen-bond donors (Lipinski definition) is 2. The first kappa shape index (κ1) is 8.18. The molecule has 2 N–H and O–H groups in total. The van der Waals surface area contributed by atoms with E-state index in [2.05, 4.69) is 0 Å². The van der Waals surface area contributed by atoms with Gasteiger partial charge in [-0.3, -0.25) is 0 Å². The molecular formula is C18H14BNO2. The molecule has 3 aromatic carbocycles. The molecule has 106 valence electrons. The first-order valence-corrected chi connectivity index (χ1v) is 6.70. The van der Waals surface area contributed by atoms with E-state index in [0.717, 1.165) is 0 Å². The van der Waals surface area contributed by atoms with E-state index in [9.17, 15) is 10.0 Å². The summed E-state index contributed by atoms with van der Waals surface area (Å²) in [5.41, 5.74) is 1.08. The van der Waals surface area contributed by atoms with Gasteiger partial charge < -0.3 is 14.6 Å². The van der Waals surface area contributed by atoms with Gasteiger partial charge in [-0.1, -0.05) is 48.4 Å². The van der Waals surface area contributed by atoms with Gasteiger partial charge in [0.1, 0.15) is 0 Å². The number of hydrogen-bond acceptors (Lipinski definition) is 2. The van der Waals surface area contributed by atoms with Crippen LogP contribution in [0.4, 0.5) is 0 Å². The largest absolute Gasteiger partial charge is 0.488 e. The van der Waals surface area contributed by atoms with Crippen LogP contribution in [-0.4, -0.2) is 21.7 Å². The van der Waals surface area contributed by atoms with Gasteiger partial charge in [0.15, 0.2) is 0 Å². The first-order valence-electron chi connectivity index (χ1n) is 9.70. The lowest BCUT2D eigenvalue weighted by Crippen LogP contribution is -2.29. The molecule has 4 heteroatoms. The summed E-state index contributed by atoms with van der Waals surface area (Å²) >= 11 is 0. The van der Waals surface area contributed by atoms with E-state index >= 15 is 0 Å². The monoisotopic (exact) mass is 293 g/mol. The fraction of sp³-hybridized carbons (Fsp3) is 0. The summed E-state index contributed by atoms with van der Waals surface area (Å²) in [6.45, 7) is 0. The summed E-state index contributed by atoms with van der Waals surface area (Å²) in [6, 6.07) is 7.82. The molecule has 4 rings (SSSR count). The summed E-state index contributed by atoms with van der Waals surface area (Å²) < 4.78 is 50.8. The molecule has 0 unspecified atom stereocenters. The second kappa shape index (κ2) is 5.02. The van der Waals surface area contributed by atoms with E-state index in [1.165, 1.54) is 28.8 Å². The Bertz CT molecular complexity index is 1200. The molecule has 0 atom stereocenters. The lowest BCUT2D eigenvalue weighted by Gasteiger charge is -2.09. The molecule has 0 aliphatic rings. The smallest absolute Gasteiger partial charge is 0.423 e. The van der Waals surface area contributed by atoms with Crippen molar-refractivity contribution in [2.45, 2.75) is 0 Å². The molecule has 3 nitrogen and oxygen atoms in total. The number of benzene rings is 3. The first-order chi connectivity index (χ1) is 13.2. The highest BCUT2D eigenvalue weighted by Crippen LogP contribution is 2.31. The van der Waals surface area contributed by atoms with Crippen molar-refractivity contribution in [2.24, 2.45) is 0 Å². The molecule has 0 amide bonds. The third-order valence-electron chi connectivity index (χ3n) is 3.55. The molecule has 22 heavy (non-hydrogen) atoms. The molecule has 1 aromatic heterocycles. The van der Waals surface area contributed by atoms with Gasteiger partial charge in [-0.15, -0.1) is 0 Å². The highest BCUT2D eigenvalue weighted by atomic mass is 16.4. The number of rotatable bonds is 2. The summed E-state index contributed by atoms with van der Waals surface area (Å²) in [5, 5.41) is 19.3. The van der Waals surface area contributed by atoms with Crippen molar-refractivity contribution in [1.82, 2.24) is 4.57 Å². The third kappa shape index (κ3) is 1.93. The molecule has 0 aliphatic carbocycles. The molecular weight excluding hydrogens is 273 g/mol. The zero-order valence-corrected chi connectivity index (χ0v) is 11.4. The van der Waals surface area contributed by atoms with Crippen molar-refractivity contribution in [3.05, 3.63) is 72.7 Å². The van der Waals surface area contributed by atoms with E-state index in [4.69, 9.17) is 8.22 Å². The Hall–Kier alpha value is -2.56. The highest BCUT2D eigenvalue weighted by Gasteiger charge is 2.14. The molecule has 4 aromatic rings. The van der Waals surface area contributed by atoms with Crippen molar-refractivity contribution in [3.8, 4) is 5.69 Å². The average molecular weight is 293 g/mol. The second-order valence-corrected chi connectivity index (χ2v) is 4.87. The maximum absolute atomic E-state index is 9.51. The zero-order chi connectivity index (χ0) is 20.3. The summed E-state index contributed by atoms with van der Waals surface area (Å²) in [7, 11) is -1.71. The van der Waals surface area contributed by atoms with Crippen molar-refractivity contribution in [3.63, 3.8) is 0 Å². The standard InChI is InChI=1S/C18H14BNO2/c21-19(22)13-6-5-7-14(12-13)20-17-10-3-1-8-15(17)16-9-2-4-11-18(16)20/h1-12,21-22H/i1D,2D,8D,9D,10D,11D. The molecule has 0 saturated heterocycles. The zero-order valence-electron chi connectivity index (χ0n) is 17.4. The molecule has 0 fully saturated rings. The van der Waals surface area contributed by atoms with Crippen LogP contribution in [0.25, 0.3) is 27.5 Å². The molecule has 0 saturated carbocycles. The van der Waals surface area contributed by atoms with Gasteiger partial charge >= 0.3 is 7.12 Å². The van der Waals surface area contributed by atoms with E-state index in [-0.39, 0.29) is 63.5 Å².